The number of guanidine groups is 1. The molecule has 3 atom stereocenters. The summed E-state index contributed by atoms with van der Waals surface area (Å²) < 4.78 is 21.4. The maximum atomic E-state index is 15.1. The van der Waals surface area contributed by atoms with E-state index in [1.165, 1.54) is 11.7 Å². The van der Waals surface area contributed by atoms with E-state index in [4.69, 9.17) is 33.2 Å². The minimum absolute atomic E-state index is 0.0268. The van der Waals surface area contributed by atoms with Gasteiger partial charge in [-0.2, -0.15) is 4.98 Å². The highest BCUT2D eigenvalue weighted by atomic mass is 35.5. The number of nitrogens with one attached hydrogen (secondary N) is 4. The van der Waals surface area contributed by atoms with Crippen molar-refractivity contribution in [1.29, 1.82) is 5.41 Å². The van der Waals surface area contributed by atoms with Gasteiger partial charge in [0.25, 0.3) is 0 Å². The van der Waals surface area contributed by atoms with Gasteiger partial charge in [-0.15, -0.1) is 0 Å². The van der Waals surface area contributed by atoms with Crippen molar-refractivity contribution in [3.63, 3.8) is 0 Å². The number of rotatable bonds is 13. The number of halogens is 2. The second-order valence-electron chi connectivity index (χ2n) is 10.9. The molecule has 234 valence electrons. The highest BCUT2D eigenvalue weighted by Crippen LogP contribution is 2.31. The molecule has 2 heterocycles. The number of ether oxygens (including phenoxy) is 1. The average molecular weight is 625 g/mol. The van der Waals surface area contributed by atoms with E-state index in [-0.39, 0.29) is 23.1 Å². The summed E-state index contributed by atoms with van der Waals surface area (Å²) in [6, 6.07) is 11.6. The Labute approximate surface area is 259 Å². The van der Waals surface area contributed by atoms with Gasteiger partial charge in [0, 0.05) is 35.8 Å². The molecule has 11 nitrogen and oxygen atoms in total. The zero-order valence-corrected chi connectivity index (χ0v) is 25.7. The minimum atomic E-state index is -0.617. The third kappa shape index (κ3) is 8.01. The van der Waals surface area contributed by atoms with Gasteiger partial charge < -0.3 is 26.5 Å². The number of carbonyl (C=O) groups excluding carboxylic acids is 1. The van der Waals surface area contributed by atoms with Crippen LogP contribution >= 0.6 is 11.6 Å². The number of aromatic amines is 1. The van der Waals surface area contributed by atoms with E-state index in [2.05, 4.69) is 20.6 Å². The molecule has 0 saturated heterocycles. The van der Waals surface area contributed by atoms with Crippen LogP contribution in [0.2, 0.25) is 5.02 Å². The van der Waals surface area contributed by atoms with E-state index in [9.17, 15) is 9.59 Å². The average Bonchev–Trinajstić information content (AvgIpc) is 3.39. The molecule has 0 unspecified atom stereocenters. The number of hydrogen-bond acceptors (Lipinski definition) is 7. The molecule has 0 aliphatic carbocycles. The topological polar surface area (TPSA) is 177 Å². The summed E-state index contributed by atoms with van der Waals surface area (Å²) in [5.41, 5.74) is 14.2. The summed E-state index contributed by atoms with van der Waals surface area (Å²) in [6.45, 7) is 4.18. The Balaban J connectivity index is 1.55. The fourth-order valence-corrected chi connectivity index (χ4v) is 5.26. The normalized spacial score (nSPS) is 13.4. The molecule has 4 aromatic rings. The molecule has 4 rings (SSSR count). The highest BCUT2D eigenvalue weighted by Gasteiger charge is 2.22. The van der Waals surface area contributed by atoms with Crippen LogP contribution in [0, 0.1) is 11.2 Å². The molecule has 44 heavy (non-hydrogen) atoms. The molecular weight excluding hydrogens is 587 g/mol. The van der Waals surface area contributed by atoms with E-state index in [1.807, 2.05) is 26.0 Å². The fraction of sp³-hybridized carbons (Fsp3) is 0.355. The lowest BCUT2D eigenvalue weighted by Crippen LogP contribution is -2.42. The van der Waals surface area contributed by atoms with Crippen LogP contribution in [0.3, 0.4) is 0 Å². The summed E-state index contributed by atoms with van der Waals surface area (Å²) in [5.74, 6) is -1.15. The molecule has 0 aliphatic rings. The van der Waals surface area contributed by atoms with E-state index in [1.54, 1.807) is 36.5 Å². The van der Waals surface area contributed by atoms with Gasteiger partial charge in [0.05, 0.1) is 23.5 Å². The molecule has 0 amide bonds. The van der Waals surface area contributed by atoms with Crippen LogP contribution in [0.25, 0.3) is 28.0 Å². The smallest absolute Gasteiger partial charge is 0.354 e. The van der Waals surface area contributed by atoms with E-state index < -0.39 is 23.5 Å². The molecule has 0 aliphatic heterocycles. The minimum Gasteiger partial charge on any atom is -0.468 e. The van der Waals surface area contributed by atoms with Crippen molar-refractivity contribution >= 4 is 34.6 Å². The van der Waals surface area contributed by atoms with Gasteiger partial charge in [-0.25, -0.2) is 9.18 Å². The molecular formula is C31H38ClFN8O3. The van der Waals surface area contributed by atoms with Crippen molar-refractivity contribution in [2.45, 2.75) is 57.7 Å². The van der Waals surface area contributed by atoms with Gasteiger partial charge in [-0.05, 0) is 81.0 Å². The van der Waals surface area contributed by atoms with E-state index in [0.717, 1.165) is 24.0 Å². The lowest BCUT2D eigenvalue weighted by atomic mass is 10.0. The zero-order valence-electron chi connectivity index (χ0n) is 24.9. The van der Waals surface area contributed by atoms with Crippen LogP contribution in [0.15, 0.2) is 53.5 Å². The van der Waals surface area contributed by atoms with Crippen LogP contribution in [0.5, 0.6) is 0 Å². The molecule has 0 bridgehead atoms. The Hall–Kier alpha value is -4.26. The second kappa shape index (κ2) is 14.5. The third-order valence-electron chi connectivity index (χ3n) is 7.37. The van der Waals surface area contributed by atoms with Crippen molar-refractivity contribution in [1.82, 2.24) is 25.2 Å². The molecule has 0 radical (unpaired) electrons. The van der Waals surface area contributed by atoms with Gasteiger partial charge >= 0.3 is 11.7 Å². The van der Waals surface area contributed by atoms with Crippen LogP contribution in [-0.2, 0) is 16.0 Å². The van der Waals surface area contributed by atoms with Crippen molar-refractivity contribution < 1.29 is 13.9 Å². The standard InChI is InChI=1S/C31H38ClFN8O3/c1-17(34)5-4-6-19-13-23(27(33)24(32)14-19)26-15-21-16-41(31(43)40-28(21)39-26)22-9-7-20(8-10-22)18(2)38-25(29(42)44-3)11-12-37-30(35)36/h7-10,13-18,25,38H,4-6,11-12,34H2,1-3H3,(H4,35,36,37)(H,39,40,43)/t17-,18-,25-/m0/s1. The number of fused-ring (bicyclic) bond motifs is 1. The SMILES string of the molecule is COC(=O)[C@H](CCNC(=N)N)N[C@@H](C)c1ccc(-n2cc3cc(-c4cc(CCC[C@H](C)N)cc(Cl)c4F)[nH]c3nc2=O)cc1. The summed E-state index contributed by atoms with van der Waals surface area (Å²) in [6.07, 6.45) is 4.43. The van der Waals surface area contributed by atoms with Crippen molar-refractivity contribution in [2.24, 2.45) is 11.5 Å². The Morgan fingerprint density at radius 3 is 2.59 bits per heavy atom. The Morgan fingerprint density at radius 1 is 1.20 bits per heavy atom. The number of aryl methyl sites for hydroxylation is 1. The Kier molecular flexibility index (Phi) is 10.7. The van der Waals surface area contributed by atoms with Crippen LogP contribution in [0.4, 0.5) is 4.39 Å². The lowest BCUT2D eigenvalue weighted by molar-refractivity contribution is -0.143. The fourth-order valence-electron chi connectivity index (χ4n) is 5.02. The lowest BCUT2D eigenvalue weighted by Gasteiger charge is -2.22. The largest absolute Gasteiger partial charge is 0.468 e. The second-order valence-corrected chi connectivity index (χ2v) is 11.3. The summed E-state index contributed by atoms with van der Waals surface area (Å²) >= 11 is 6.23. The number of nitrogens with two attached hydrogens (primary N) is 2. The van der Waals surface area contributed by atoms with Crippen LogP contribution in [-0.4, -0.2) is 52.2 Å². The molecule has 0 saturated carbocycles. The van der Waals surface area contributed by atoms with E-state index >= 15 is 4.39 Å². The number of aromatic nitrogens is 3. The Morgan fingerprint density at radius 2 is 1.93 bits per heavy atom. The van der Waals surface area contributed by atoms with Crippen molar-refractivity contribution in [2.75, 3.05) is 13.7 Å². The molecule has 8 N–H and O–H groups in total. The number of nitrogens with zero attached hydrogens (tertiary/aromatic N) is 2. The third-order valence-corrected chi connectivity index (χ3v) is 7.64. The van der Waals surface area contributed by atoms with Gasteiger partial charge in [0.2, 0.25) is 0 Å². The van der Waals surface area contributed by atoms with Gasteiger partial charge in [0.1, 0.15) is 11.7 Å². The quantitative estimate of drug-likeness (QED) is 0.0736. The van der Waals surface area contributed by atoms with Crippen molar-refractivity contribution in [3.8, 4) is 16.9 Å². The van der Waals surface area contributed by atoms with Crippen LogP contribution in [0.1, 0.15) is 50.3 Å². The maximum absolute atomic E-state index is 15.1. The first-order valence-electron chi connectivity index (χ1n) is 14.3. The summed E-state index contributed by atoms with van der Waals surface area (Å²) in [5, 5.41) is 13.9. The van der Waals surface area contributed by atoms with Crippen LogP contribution < -0.4 is 27.8 Å². The Bertz CT molecular complexity index is 1690. The van der Waals surface area contributed by atoms with Crippen molar-refractivity contribution in [3.05, 3.63) is 81.1 Å². The molecule has 13 heteroatoms. The monoisotopic (exact) mass is 624 g/mol. The zero-order chi connectivity index (χ0) is 32.0. The number of esters is 1. The first-order valence-corrected chi connectivity index (χ1v) is 14.7. The first-order chi connectivity index (χ1) is 21.0. The number of benzene rings is 2. The molecule has 0 fully saturated rings. The summed E-state index contributed by atoms with van der Waals surface area (Å²) in [4.78, 5) is 32.5. The predicted molar refractivity (Wildman–Crippen MR) is 171 cm³/mol. The highest BCUT2D eigenvalue weighted by molar-refractivity contribution is 6.31. The summed E-state index contributed by atoms with van der Waals surface area (Å²) in [7, 11) is 1.32. The predicted octanol–water partition coefficient (Wildman–Crippen LogP) is 3.91. The maximum Gasteiger partial charge on any atom is 0.354 e. The molecule has 2 aromatic heterocycles. The number of methoxy groups -OCH3 is 1. The van der Waals surface area contributed by atoms with Gasteiger partial charge in [-0.1, -0.05) is 23.7 Å². The molecule has 0 spiro atoms. The number of carbonyl (C=O) groups is 1. The number of H-pyrrole nitrogens is 1. The first kappa shape index (κ1) is 32.6. The van der Waals surface area contributed by atoms with Gasteiger partial charge in [0.15, 0.2) is 11.8 Å². The van der Waals surface area contributed by atoms with Gasteiger partial charge in [-0.3, -0.25) is 20.1 Å². The molecule has 2 aromatic carbocycles. The number of hydrogen-bond donors (Lipinski definition) is 6. The van der Waals surface area contributed by atoms with E-state index in [0.29, 0.717) is 47.4 Å².